The maximum Gasteiger partial charge on any atom is 0.312 e. The van der Waals surface area contributed by atoms with Crippen molar-refractivity contribution in [1.82, 2.24) is 0 Å². The van der Waals surface area contributed by atoms with Crippen molar-refractivity contribution in [2.45, 2.75) is 107 Å². The molecule has 2 rings (SSSR count). The van der Waals surface area contributed by atoms with Gasteiger partial charge in [0.2, 0.25) is 0 Å². The van der Waals surface area contributed by atoms with Crippen LogP contribution in [0, 0.1) is 27.1 Å². The van der Waals surface area contributed by atoms with Crippen LogP contribution in [0.3, 0.4) is 0 Å². The fraction of sp³-hybridized carbons (Fsp3) is 0.767. The summed E-state index contributed by atoms with van der Waals surface area (Å²) < 4.78 is 11.1. The van der Waals surface area contributed by atoms with Crippen molar-refractivity contribution in [1.29, 1.82) is 0 Å². The minimum absolute atomic E-state index is 0.0389. The van der Waals surface area contributed by atoms with Crippen molar-refractivity contribution in [3.8, 4) is 0 Å². The van der Waals surface area contributed by atoms with Crippen molar-refractivity contribution in [3.05, 3.63) is 35.9 Å². The van der Waals surface area contributed by atoms with E-state index in [0.717, 1.165) is 19.3 Å². The van der Waals surface area contributed by atoms with E-state index >= 15 is 0 Å². The van der Waals surface area contributed by atoms with E-state index in [1.165, 1.54) is 5.56 Å². The zero-order chi connectivity index (χ0) is 25.3. The van der Waals surface area contributed by atoms with Crippen molar-refractivity contribution in [2.24, 2.45) is 27.1 Å². The van der Waals surface area contributed by atoms with E-state index in [4.69, 9.17) is 9.47 Å². The van der Waals surface area contributed by atoms with Crippen LogP contribution < -0.4 is 0 Å². The highest BCUT2D eigenvalue weighted by atomic mass is 16.6. The largest absolute Gasteiger partial charge is 0.462 e. The second kappa shape index (κ2) is 9.72. The fourth-order valence-electron chi connectivity index (χ4n) is 5.23. The Labute approximate surface area is 204 Å². The van der Waals surface area contributed by atoms with Crippen molar-refractivity contribution in [2.75, 3.05) is 13.2 Å². The molecule has 1 saturated heterocycles. The van der Waals surface area contributed by atoms with Crippen molar-refractivity contribution < 1.29 is 14.3 Å². The number of benzene rings is 1. The van der Waals surface area contributed by atoms with Crippen molar-refractivity contribution in [3.63, 3.8) is 0 Å². The molecule has 1 aliphatic heterocycles. The summed E-state index contributed by atoms with van der Waals surface area (Å²) in [7, 11) is 0. The number of hydrogen-bond acceptors (Lipinski definition) is 3. The van der Waals surface area contributed by atoms with Crippen LogP contribution in [-0.2, 0) is 14.3 Å². The van der Waals surface area contributed by atoms with Gasteiger partial charge in [-0.2, -0.15) is 0 Å². The van der Waals surface area contributed by atoms with Gasteiger partial charge in [0.05, 0.1) is 12.0 Å². The Bertz CT molecular complexity index is 779. The number of carbonyl (C=O) groups is 1. The summed E-state index contributed by atoms with van der Waals surface area (Å²) in [6.45, 7) is 26.2. The predicted molar refractivity (Wildman–Crippen MR) is 138 cm³/mol. The highest BCUT2D eigenvalue weighted by Crippen LogP contribution is 2.60. The lowest BCUT2D eigenvalue weighted by Gasteiger charge is -2.55. The van der Waals surface area contributed by atoms with Gasteiger partial charge in [-0.25, -0.2) is 0 Å². The van der Waals surface area contributed by atoms with Crippen molar-refractivity contribution >= 4 is 5.97 Å². The zero-order valence-electron chi connectivity index (χ0n) is 23.3. The van der Waals surface area contributed by atoms with Gasteiger partial charge in [0.25, 0.3) is 0 Å². The summed E-state index contributed by atoms with van der Waals surface area (Å²) in [6.07, 6.45) is 2.96. The molecule has 1 aromatic rings. The van der Waals surface area contributed by atoms with Crippen LogP contribution in [0.1, 0.15) is 107 Å². The molecule has 1 fully saturated rings. The SMILES string of the molecule is CCC(C)(CC(C)(C(=O)OCC1CO1)C(C)(C)C)C(C)(C)C(CC(C)(C)C)c1ccccc1. The molecule has 0 aliphatic carbocycles. The molecular weight excluding hydrogens is 408 g/mol. The molecule has 3 nitrogen and oxygen atoms in total. The smallest absolute Gasteiger partial charge is 0.312 e. The van der Waals surface area contributed by atoms with E-state index in [1.54, 1.807) is 0 Å². The molecule has 0 saturated carbocycles. The highest BCUT2D eigenvalue weighted by molar-refractivity contribution is 5.77. The van der Waals surface area contributed by atoms with E-state index in [9.17, 15) is 4.79 Å². The van der Waals surface area contributed by atoms with E-state index in [2.05, 4.69) is 106 Å². The number of carbonyl (C=O) groups excluding carboxylic acids is 1. The summed E-state index contributed by atoms with van der Waals surface area (Å²) >= 11 is 0. The highest BCUT2D eigenvalue weighted by Gasteiger charge is 2.55. The van der Waals surface area contributed by atoms with E-state index < -0.39 is 5.41 Å². The molecule has 1 heterocycles. The number of hydrogen-bond donors (Lipinski definition) is 0. The first kappa shape index (κ1) is 27.9. The summed E-state index contributed by atoms with van der Waals surface area (Å²) in [5.41, 5.74) is 0.643. The molecule has 0 radical (unpaired) electrons. The molecule has 0 aromatic heterocycles. The number of esters is 1. The van der Waals surface area contributed by atoms with Crippen LogP contribution in [-0.4, -0.2) is 25.3 Å². The van der Waals surface area contributed by atoms with Gasteiger partial charge in [-0.1, -0.05) is 106 Å². The average molecular weight is 459 g/mol. The molecule has 4 unspecified atom stereocenters. The van der Waals surface area contributed by atoms with Gasteiger partial charge >= 0.3 is 5.97 Å². The molecule has 0 spiro atoms. The summed E-state index contributed by atoms with van der Waals surface area (Å²) in [5, 5.41) is 0. The molecule has 4 atom stereocenters. The number of rotatable bonds is 10. The molecule has 188 valence electrons. The van der Waals surface area contributed by atoms with Gasteiger partial charge in [-0.05, 0) is 52.9 Å². The van der Waals surface area contributed by atoms with Gasteiger partial charge < -0.3 is 9.47 Å². The minimum Gasteiger partial charge on any atom is -0.462 e. The standard InChI is InChI=1S/C30H50O3/c1-12-29(10,21-30(11,27(5,6)7)25(31)33-20-23-19-32-23)28(8,9)24(18-26(2,3)4)22-16-14-13-15-17-22/h13-17,23-24H,12,18-21H2,1-11H3. The molecule has 0 N–H and O–H groups in total. The van der Waals surface area contributed by atoms with Crippen LogP contribution in [0.5, 0.6) is 0 Å². The van der Waals surface area contributed by atoms with Gasteiger partial charge in [0.15, 0.2) is 0 Å². The molecule has 1 aromatic carbocycles. The Hall–Kier alpha value is -1.35. The Morgan fingerprint density at radius 1 is 1.00 bits per heavy atom. The van der Waals surface area contributed by atoms with Crippen LogP contribution in [0.4, 0.5) is 0 Å². The summed E-state index contributed by atoms with van der Waals surface area (Å²) in [4.78, 5) is 13.6. The van der Waals surface area contributed by atoms with Crippen LogP contribution in [0.15, 0.2) is 30.3 Å². The Kier molecular flexibility index (Phi) is 8.22. The third kappa shape index (κ3) is 6.41. The minimum atomic E-state index is -0.604. The Morgan fingerprint density at radius 3 is 1.97 bits per heavy atom. The molecule has 33 heavy (non-hydrogen) atoms. The first-order chi connectivity index (χ1) is 15.0. The maximum absolute atomic E-state index is 13.6. The Balaban J connectivity index is 2.48. The average Bonchev–Trinajstić information content (AvgIpc) is 3.53. The molecule has 0 bridgehead atoms. The second-order valence-corrected chi connectivity index (χ2v) is 13.7. The number of epoxide rings is 1. The third-order valence-electron chi connectivity index (χ3n) is 8.88. The molecule has 0 amide bonds. The van der Waals surface area contributed by atoms with Gasteiger partial charge in [-0.3, -0.25) is 4.79 Å². The first-order valence-electron chi connectivity index (χ1n) is 12.8. The Morgan fingerprint density at radius 2 is 1.55 bits per heavy atom. The summed E-state index contributed by atoms with van der Waals surface area (Å²) in [5.74, 6) is 0.289. The topological polar surface area (TPSA) is 38.8 Å². The lowest BCUT2D eigenvalue weighted by Crippen LogP contribution is -2.50. The maximum atomic E-state index is 13.6. The van der Waals surface area contributed by atoms with Gasteiger partial charge in [0.1, 0.15) is 12.7 Å². The molecular formula is C30H50O3. The second-order valence-electron chi connectivity index (χ2n) is 13.7. The van der Waals surface area contributed by atoms with Crippen LogP contribution in [0.25, 0.3) is 0 Å². The van der Waals surface area contributed by atoms with Gasteiger partial charge in [-0.15, -0.1) is 0 Å². The lowest BCUT2D eigenvalue weighted by atomic mass is 9.49. The lowest BCUT2D eigenvalue weighted by molar-refractivity contribution is -0.168. The van der Waals surface area contributed by atoms with E-state index in [1.807, 2.05) is 0 Å². The van der Waals surface area contributed by atoms with E-state index in [0.29, 0.717) is 19.1 Å². The molecule has 1 aliphatic rings. The third-order valence-corrected chi connectivity index (χ3v) is 8.88. The van der Waals surface area contributed by atoms with Crippen LogP contribution in [0.2, 0.25) is 0 Å². The van der Waals surface area contributed by atoms with E-state index in [-0.39, 0.29) is 33.7 Å². The fourth-order valence-corrected chi connectivity index (χ4v) is 5.23. The zero-order valence-corrected chi connectivity index (χ0v) is 23.3. The first-order valence-corrected chi connectivity index (χ1v) is 12.8. The van der Waals surface area contributed by atoms with Crippen LogP contribution >= 0.6 is 0 Å². The van der Waals surface area contributed by atoms with Gasteiger partial charge in [0, 0.05) is 0 Å². The summed E-state index contributed by atoms with van der Waals surface area (Å²) in [6, 6.07) is 11.0. The normalized spacial score (nSPS) is 21.6. The number of ether oxygens (including phenoxy) is 2. The molecule has 3 heteroatoms. The monoisotopic (exact) mass is 458 g/mol. The quantitative estimate of drug-likeness (QED) is 0.263. The predicted octanol–water partition coefficient (Wildman–Crippen LogP) is 8.03.